The van der Waals surface area contributed by atoms with E-state index in [0.29, 0.717) is 6.42 Å². The van der Waals surface area contributed by atoms with Crippen LogP contribution in [0.15, 0.2) is 29.8 Å². The Hall–Kier alpha value is -2.58. The predicted molar refractivity (Wildman–Crippen MR) is 143 cm³/mol. The minimum atomic E-state index is -0.799. The average molecular weight is 514 g/mol. The van der Waals surface area contributed by atoms with Gasteiger partial charge in [-0.25, -0.2) is 4.98 Å². The highest BCUT2D eigenvalue weighted by Gasteiger charge is 2.44. The highest BCUT2D eigenvalue weighted by atomic mass is 32.1. The third-order valence-electron chi connectivity index (χ3n) is 6.63. The summed E-state index contributed by atoms with van der Waals surface area (Å²) in [6.07, 6.45) is 0.287. The fraction of sp³-hybridized carbons (Fsp3) is 0.571. The van der Waals surface area contributed by atoms with E-state index < -0.39 is 29.0 Å². The van der Waals surface area contributed by atoms with E-state index in [2.05, 4.69) is 10.3 Å². The van der Waals surface area contributed by atoms with Crippen LogP contribution in [0.1, 0.15) is 65.6 Å². The number of carbonyl (C=O) groups is 3. The van der Waals surface area contributed by atoms with E-state index in [1.165, 1.54) is 4.90 Å². The number of hydrogen-bond donors (Lipinski definition) is 2. The van der Waals surface area contributed by atoms with E-state index >= 15 is 0 Å². The number of aromatic nitrogens is 1. The summed E-state index contributed by atoms with van der Waals surface area (Å²) in [5, 5.41) is 13.3. The molecule has 196 valence electrons. The third-order valence-corrected chi connectivity index (χ3v) is 7.60. The summed E-state index contributed by atoms with van der Waals surface area (Å²) < 4.78 is 0. The Balaban J connectivity index is 1.69. The van der Waals surface area contributed by atoms with E-state index in [1.807, 2.05) is 57.5 Å². The number of rotatable bonds is 7. The lowest BCUT2D eigenvalue weighted by Gasteiger charge is -2.36. The van der Waals surface area contributed by atoms with E-state index in [4.69, 9.17) is 0 Å². The highest BCUT2D eigenvalue weighted by Crippen LogP contribution is 2.29. The van der Waals surface area contributed by atoms with Crippen LogP contribution in [-0.4, -0.2) is 57.3 Å². The summed E-state index contributed by atoms with van der Waals surface area (Å²) in [5.74, 6) is -0.619. The minimum absolute atomic E-state index is 0.0721. The van der Waals surface area contributed by atoms with Gasteiger partial charge in [-0.1, -0.05) is 65.8 Å². The Morgan fingerprint density at radius 3 is 2.31 bits per heavy atom. The van der Waals surface area contributed by atoms with Crippen LogP contribution in [0.4, 0.5) is 0 Å². The molecule has 1 aliphatic rings. The number of ketones is 1. The van der Waals surface area contributed by atoms with Gasteiger partial charge in [0, 0.05) is 24.8 Å². The van der Waals surface area contributed by atoms with Crippen LogP contribution in [0, 0.1) is 17.8 Å². The Morgan fingerprint density at radius 1 is 1.14 bits per heavy atom. The maximum absolute atomic E-state index is 13.6. The number of likely N-dealkylation sites (tertiary alicyclic amines) is 1. The van der Waals surface area contributed by atoms with Crippen molar-refractivity contribution in [3.8, 4) is 10.4 Å². The van der Waals surface area contributed by atoms with Gasteiger partial charge < -0.3 is 15.3 Å². The molecule has 2 aromatic rings. The zero-order valence-electron chi connectivity index (χ0n) is 22.4. The first kappa shape index (κ1) is 28.0. The van der Waals surface area contributed by atoms with Gasteiger partial charge in [0.1, 0.15) is 6.04 Å². The lowest BCUT2D eigenvalue weighted by Crippen LogP contribution is -2.58. The van der Waals surface area contributed by atoms with E-state index in [1.54, 1.807) is 32.1 Å². The van der Waals surface area contributed by atoms with Crippen molar-refractivity contribution in [2.45, 2.75) is 85.9 Å². The van der Waals surface area contributed by atoms with Crippen molar-refractivity contribution in [1.82, 2.24) is 15.2 Å². The fourth-order valence-electron chi connectivity index (χ4n) is 4.36. The largest absolute Gasteiger partial charge is 0.391 e. The SMILES string of the molecule is Cc1ncsc1-c1ccc(CCC(=O)[C@@H]2C[C@@H](O)CN2C(=O)[C@@H](NC(=O)C(C)(C)C)C(C)(C)C)cc1. The van der Waals surface area contributed by atoms with Crippen LogP contribution in [-0.2, 0) is 20.8 Å². The molecule has 3 atom stereocenters. The fourth-order valence-corrected chi connectivity index (χ4v) is 5.17. The summed E-state index contributed by atoms with van der Waals surface area (Å²) in [7, 11) is 0. The second-order valence-corrected chi connectivity index (χ2v) is 12.7. The Bertz CT molecular complexity index is 1100. The molecule has 1 aliphatic heterocycles. The standard InChI is InChI=1S/C28H39N3O4S/c1-17-23(36-16-29-17)19-11-8-18(9-12-19)10-13-22(33)21-14-20(32)15-31(21)25(34)24(27(2,3)4)30-26(35)28(5,6)7/h8-9,11-12,16,20-21,24,32H,10,13-15H2,1-7H3,(H,30,35)/t20-,21+,24-/m1/s1. The first-order valence-corrected chi connectivity index (χ1v) is 13.4. The Kier molecular flexibility index (Phi) is 8.41. The van der Waals surface area contributed by atoms with Crippen LogP contribution in [0.25, 0.3) is 10.4 Å². The summed E-state index contributed by atoms with van der Waals surface area (Å²) in [6.45, 7) is 13.1. The van der Waals surface area contributed by atoms with Crippen molar-refractivity contribution in [2.24, 2.45) is 10.8 Å². The summed E-state index contributed by atoms with van der Waals surface area (Å²) in [4.78, 5) is 46.5. The number of hydrogen-bond acceptors (Lipinski definition) is 6. The molecule has 2 amide bonds. The molecule has 2 N–H and O–H groups in total. The van der Waals surface area contributed by atoms with Crippen molar-refractivity contribution in [3.63, 3.8) is 0 Å². The number of amides is 2. The molecule has 1 aromatic carbocycles. The van der Waals surface area contributed by atoms with Crippen LogP contribution in [0.2, 0.25) is 0 Å². The molecule has 0 unspecified atom stereocenters. The molecule has 0 saturated carbocycles. The van der Waals surface area contributed by atoms with Crippen molar-refractivity contribution in [2.75, 3.05) is 6.54 Å². The first-order valence-electron chi connectivity index (χ1n) is 12.5. The van der Waals surface area contributed by atoms with Gasteiger partial charge in [0.15, 0.2) is 5.78 Å². The molecule has 3 rings (SSSR count). The van der Waals surface area contributed by atoms with Crippen molar-refractivity contribution in [3.05, 3.63) is 41.0 Å². The van der Waals surface area contributed by atoms with Crippen molar-refractivity contribution >= 4 is 28.9 Å². The number of β-amino-alcohol motifs (C(OH)–C–C–N with tert-alkyl or cyclic N) is 1. The van der Waals surface area contributed by atoms with Gasteiger partial charge in [-0.05, 0) is 29.9 Å². The maximum atomic E-state index is 13.6. The number of benzene rings is 1. The Morgan fingerprint density at radius 2 is 1.78 bits per heavy atom. The third kappa shape index (κ3) is 6.59. The molecule has 0 radical (unpaired) electrons. The molecule has 0 spiro atoms. The predicted octanol–water partition coefficient (Wildman–Crippen LogP) is 4.16. The van der Waals surface area contributed by atoms with Crippen molar-refractivity contribution in [1.29, 1.82) is 0 Å². The van der Waals surface area contributed by atoms with Crippen LogP contribution in [0.3, 0.4) is 0 Å². The molecule has 0 aliphatic carbocycles. The minimum Gasteiger partial charge on any atom is -0.391 e. The number of thiazole rings is 1. The van der Waals surface area contributed by atoms with Crippen LogP contribution >= 0.6 is 11.3 Å². The topological polar surface area (TPSA) is 99.6 Å². The maximum Gasteiger partial charge on any atom is 0.246 e. The second-order valence-electron chi connectivity index (χ2n) is 11.8. The monoisotopic (exact) mass is 513 g/mol. The van der Waals surface area contributed by atoms with Gasteiger partial charge in [0.05, 0.1) is 28.2 Å². The molecule has 8 heteroatoms. The normalized spacial score (nSPS) is 19.3. The number of Topliss-reactive ketones (excluding diaryl/α,β-unsaturated/α-hetero) is 1. The molecule has 0 bridgehead atoms. The number of nitrogens with one attached hydrogen (secondary N) is 1. The molecule has 36 heavy (non-hydrogen) atoms. The molecule has 1 saturated heterocycles. The smallest absolute Gasteiger partial charge is 0.246 e. The van der Waals surface area contributed by atoms with Gasteiger partial charge in [0.2, 0.25) is 11.8 Å². The lowest BCUT2D eigenvalue weighted by molar-refractivity contribution is -0.144. The summed E-state index contributed by atoms with van der Waals surface area (Å²) in [6, 6.07) is 6.64. The van der Waals surface area contributed by atoms with E-state index in [-0.39, 0.29) is 37.0 Å². The van der Waals surface area contributed by atoms with Gasteiger partial charge in [0.25, 0.3) is 0 Å². The zero-order chi connectivity index (χ0) is 26.8. The zero-order valence-corrected chi connectivity index (χ0v) is 23.2. The van der Waals surface area contributed by atoms with Gasteiger partial charge in [-0.2, -0.15) is 0 Å². The molecular formula is C28H39N3O4S. The number of carbonyl (C=O) groups excluding carboxylic acids is 3. The molecule has 2 heterocycles. The van der Waals surface area contributed by atoms with E-state index in [0.717, 1.165) is 21.7 Å². The number of nitrogens with zero attached hydrogens (tertiary/aromatic N) is 2. The number of aliphatic hydroxyl groups is 1. The van der Waals surface area contributed by atoms with Gasteiger partial charge >= 0.3 is 0 Å². The summed E-state index contributed by atoms with van der Waals surface area (Å²) in [5.41, 5.74) is 3.76. The van der Waals surface area contributed by atoms with Crippen LogP contribution in [0.5, 0.6) is 0 Å². The van der Waals surface area contributed by atoms with Gasteiger partial charge in [-0.15, -0.1) is 11.3 Å². The molecule has 1 aromatic heterocycles. The van der Waals surface area contributed by atoms with E-state index in [9.17, 15) is 19.5 Å². The molecule has 1 fully saturated rings. The van der Waals surface area contributed by atoms with Gasteiger partial charge in [-0.3, -0.25) is 14.4 Å². The summed E-state index contributed by atoms with van der Waals surface area (Å²) >= 11 is 1.60. The Labute approximate surface area is 218 Å². The molecule has 7 nitrogen and oxygen atoms in total. The number of aryl methyl sites for hydroxylation is 2. The van der Waals surface area contributed by atoms with Crippen molar-refractivity contribution < 1.29 is 19.5 Å². The number of aliphatic hydroxyl groups excluding tert-OH is 1. The quantitative estimate of drug-likeness (QED) is 0.579. The highest BCUT2D eigenvalue weighted by molar-refractivity contribution is 7.13. The van der Waals surface area contributed by atoms with Crippen LogP contribution < -0.4 is 5.32 Å². The first-order chi connectivity index (χ1) is 16.7. The average Bonchev–Trinajstić information content (AvgIpc) is 3.39. The molecular weight excluding hydrogens is 474 g/mol. The second kappa shape index (κ2) is 10.8. The lowest BCUT2D eigenvalue weighted by atomic mass is 9.84.